The van der Waals surface area contributed by atoms with Crippen molar-refractivity contribution in [1.29, 1.82) is 0 Å². The SMILES string of the molecule is CCCC(C(=O)NCc1c(Cl)cccc1OC)C(N)=S. The molecule has 0 aliphatic heterocycles. The van der Waals surface area contributed by atoms with Gasteiger partial charge in [-0.1, -0.05) is 43.2 Å². The summed E-state index contributed by atoms with van der Waals surface area (Å²) in [6.45, 7) is 2.26. The molecule has 110 valence electrons. The van der Waals surface area contributed by atoms with Crippen LogP contribution in [0.15, 0.2) is 18.2 Å². The van der Waals surface area contributed by atoms with Crippen molar-refractivity contribution in [1.82, 2.24) is 5.32 Å². The van der Waals surface area contributed by atoms with E-state index in [0.29, 0.717) is 17.2 Å². The molecule has 3 N–H and O–H groups in total. The normalized spacial score (nSPS) is 11.8. The molecule has 1 atom stereocenters. The molecule has 1 unspecified atom stereocenters. The Bertz CT molecular complexity index is 494. The van der Waals surface area contributed by atoms with Crippen molar-refractivity contribution < 1.29 is 9.53 Å². The number of thiocarbonyl (C=S) groups is 1. The number of nitrogens with one attached hydrogen (secondary N) is 1. The number of carbonyl (C=O) groups is 1. The minimum atomic E-state index is -0.441. The Hall–Kier alpha value is -1.33. The molecule has 20 heavy (non-hydrogen) atoms. The summed E-state index contributed by atoms with van der Waals surface area (Å²) in [5.41, 5.74) is 6.34. The number of rotatable bonds is 7. The first-order valence-electron chi connectivity index (χ1n) is 6.39. The fourth-order valence-electron chi connectivity index (χ4n) is 1.89. The zero-order valence-electron chi connectivity index (χ0n) is 11.6. The summed E-state index contributed by atoms with van der Waals surface area (Å²) in [7, 11) is 1.56. The van der Waals surface area contributed by atoms with E-state index < -0.39 is 5.92 Å². The second-order valence-electron chi connectivity index (χ2n) is 4.38. The smallest absolute Gasteiger partial charge is 0.230 e. The average Bonchev–Trinajstić information content (AvgIpc) is 2.42. The van der Waals surface area contributed by atoms with Gasteiger partial charge in [-0.25, -0.2) is 0 Å². The van der Waals surface area contributed by atoms with Crippen molar-refractivity contribution in [3.8, 4) is 5.75 Å². The van der Waals surface area contributed by atoms with Gasteiger partial charge in [0.25, 0.3) is 0 Å². The molecule has 1 amide bonds. The Balaban J connectivity index is 2.76. The van der Waals surface area contributed by atoms with Crippen LogP contribution in [0.1, 0.15) is 25.3 Å². The Morgan fingerprint density at radius 2 is 2.25 bits per heavy atom. The number of halogens is 1. The first-order valence-corrected chi connectivity index (χ1v) is 7.18. The molecule has 1 aromatic carbocycles. The number of carbonyl (C=O) groups excluding carboxylic acids is 1. The summed E-state index contributed by atoms with van der Waals surface area (Å²) in [5.74, 6) is 0.0185. The average molecular weight is 315 g/mol. The third kappa shape index (κ3) is 4.35. The lowest BCUT2D eigenvalue weighted by atomic mass is 10.0. The number of amides is 1. The van der Waals surface area contributed by atoms with Crippen LogP contribution in [0.4, 0.5) is 0 Å². The summed E-state index contributed by atoms with van der Waals surface area (Å²) in [5, 5.41) is 3.36. The van der Waals surface area contributed by atoms with Crippen molar-refractivity contribution in [3.05, 3.63) is 28.8 Å². The summed E-state index contributed by atoms with van der Waals surface area (Å²) >= 11 is 11.0. The minimum absolute atomic E-state index is 0.179. The van der Waals surface area contributed by atoms with Crippen molar-refractivity contribution in [2.24, 2.45) is 11.7 Å². The predicted molar refractivity (Wildman–Crippen MR) is 85.0 cm³/mol. The molecule has 0 heterocycles. The van der Waals surface area contributed by atoms with Gasteiger partial charge in [-0.2, -0.15) is 0 Å². The number of hydrogen-bond acceptors (Lipinski definition) is 3. The van der Waals surface area contributed by atoms with Crippen LogP contribution in [0, 0.1) is 5.92 Å². The molecular formula is C14H19ClN2O2S. The van der Waals surface area contributed by atoms with Gasteiger partial charge in [0, 0.05) is 17.1 Å². The lowest BCUT2D eigenvalue weighted by Gasteiger charge is -2.16. The third-order valence-electron chi connectivity index (χ3n) is 2.97. The summed E-state index contributed by atoms with van der Waals surface area (Å²) in [6, 6.07) is 5.34. The maximum Gasteiger partial charge on any atom is 0.230 e. The van der Waals surface area contributed by atoms with E-state index in [9.17, 15) is 4.79 Å². The molecule has 4 nitrogen and oxygen atoms in total. The standard InChI is InChI=1S/C14H19ClN2O2S/c1-3-5-9(13(16)20)14(18)17-8-10-11(15)6-4-7-12(10)19-2/h4,6-7,9H,3,5,8H2,1-2H3,(H2,16,20)(H,17,18). The zero-order chi connectivity index (χ0) is 15.1. The van der Waals surface area contributed by atoms with Gasteiger partial charge in [-0.3, -0.25) is 4.79 Å². The van der Waals surface area contributed by atoms with Gasteiger partial charge >= 0.3 is 0 Å². The highest BCUT2D eigenvalue weighted by Crippen LogP contribution is 2.26. The van der Waals surface area contributed by atoms with Crippen molar-refractivity contribution >= 4 is 34.7 Å². The number of methoxy groups -OCH3 is 1. The highest BCUT2D eigenvalue weighted by atomic mass is 35.5. The minimum Gasteiger partial charge on any atom is -0.496 e. The fraction of sp³-hybridized carbons (Fsp3) is 0.429. The first-order chi connectivity index (χ1) is 9.51. The van der Waals surface area contributed by atoms with E-state index >= 15 is 0 Å². The van der Waals surface area contributed by atoms with Gasteiger partial charge in [0.05, 0.1) is 18.0 Å². The van der Waals surface area contributed by atoms with Crippen LogP contribution in [-0.4, -0.2) is 18.0 Å². The molecule has 0 spiro atoms. The van der Waals surface area contributed by atoms with Crippen molar-refractivity contribution in [2.45, 2.75) is 26.3 Å². The van der Waals surface area contributed by atoms with Crippen LogP contribution < -0.4 is 15.8 Å². The molecule has 0 aliphatic rings. The molecule has 0 radical (unpaired) electrons. The number of hydrogen-bond donors (Lipinski definition) is 2. The molecule has 0 aliphatic carbocycles. The predicted octanol–water partition coefficient (Wildman–Crippen LogP) is 2.67. The van der Waals surface area contributed by atoms with Gasteiger partial charge in [0.2, 0.25) is 5.91 Å². The van der Waals surface area contributed by atoms with E-state index in [2.05, 4.69) is 5.32 Å². The van der Waals surface area contributed by atoms with Crippen LogP contribution in [-0.2, 0) is 11.3 Å². The number of benzene rings is 1. The monoisotopic (exact) mass is 314 g/mol. The summed E-state index contributed by atoms with van der Waals surface area (Å²) in [4.78, 5) is 12.3. The Morgan fingerprint density at radius 1 is 1.55 bits per heavy atom. The van der Waals surface area contributed by atoms with Crippen LogP contribution in [0.25, 0.3) is 0 Å². The lowest BCUT2D eigenvalue weighted by molar-refractivity contribution is -0.123. The second-order valence-corrected chi connectivity index (χ2v) is 5.26. The fourth-order valence-corrected chi connectivity index (χ4v) is 2.35. The molecule has 1 aromatic rings. The van der Waals surface area contributed by atoms with Crippen molar-refractivity contribution in [3.63, 3.8) is 0 Å². The van der Waals surface area contributed by atoms with Gasteiger partial charge < -0.3 is 15.8 Å². The van der Waals surface area contributed by atoms with E-state index in [1.807, 2.05) is 6.92 Å². The number of nitrogens with two attached hydrogens (primary N) is 1. The van der Waals surface area contributed by atoms with Crippen molar-refractivity contribution in [2.75, 3.05) is 7.11 Å². The van der Waals surface area contributed by atoms with Gasteiger partial charge in [-0.05, 0) is 18.6 Å². The van der Waals surface area contributed by atoms with E-state index in [-0.39, 0.29) is 17.4 Å². The van der Waals surface area contributed by atoms with Gasteiger partial charge in [-0.15, -0.1) is 0 Å². The lowest BCUT2D eigenvalue weighted by Crippen LogP contribution is -2.37. The van der Waals surface area contributed by atoms with Crippen LogP contribution >= 0.6 is 23.8 Å². The van der Waals surface area contributed by atoms with Crippen LogP contribution in [0.3, 0.4) is 0 Å². The summed E-state index contributed by atoms with van der Waals surface area (Å²) < 4.78 is 5.23. The topological polar surface area (TPSA) is 64.3 Å². The van der Waals surface area contributed by atoms with Gasteiger partial charge in [0.15, 0.2) is 0 Å². The quantitative estimate of drug-likeness (QED) is 0.759. The first kappa shape index (κ1) is 16.7. The Kier molecular flexibility index (Phi) is 6.75. The van der Waals surface area contributed by atoms with E-state index in [1.165, 1.54) is 0 Å². The van der Waals surface area contributed by atoms with E-state index in [1.54, 1.807) is 25.3 Å². The highest BCUT2D eigenvalue weighted by Gasteiger charge is 2.20. The van der Waals surface area contributed by atoms with Gasteiger partial charge in [0.1, 0.15) is 5.75 Å². The molecule has 0 saturated heterocycles. The molecule has 1 rings (SSSR count). The van der Waals surface area contributed by atoms with Crippen LogP contribution in [0.2, 0.25) is 5.02 Å². The zero-order valence-corrected chi connectivity index (χ0v) is 13.2. The molecule has 0 saturated carbocycles. The Morgan fingerprint density at radius 3 is 2.80 bits per heavy atom. The molecule has 0 fully saturated rings. The highest BCUT2D eigenvalue weighted by molar-refractivity contribution is 7.80. The second kappa shape index (κ2) is 8.07. The molecule has 0 aromatic heterocycles. The van der Waals surface area contributed by atoms with Crippen LogP contribution in [0.5, 0.6) is 5.75 Å². The molecular weight excluding hydrogens is 296 g/mol. The van der Waals surface area contributed by atoms with E-state index in [0.717, 1.165) is 12.0 Å². The maximum atomic E-state index is 12.1. The molecule has 0 bridgehead atoms. The number of ether oxygens (including phenoxy) is 1. The summed E-state index contributed by atoms with van der Waals surface area (Å²) in [6.07, 6.45) is 1.48. The van der Waals surface area contributed by atoms with E-state index in [4.69, 9.17) is 34.3 Å². The Labute approximate surface area is 129 Å². The largest absolute Gasteiger partial charge is 0.496 e. The molecule has 6 heteroatoms. The maximum absolute atomic E-state index is 12.1. The third-order valence-corrected chi connectivity index (χ3v) is 3.61.